The predicted molar refractivity (Wildman–Crippen MR) is 64.2 cm³/mol. The van der Waals surface area contributed by atoms with Gasteiger partial charge in [-0.25, -0.2) is 0 Å². The second kappa shape index (κ2) is 6.31. The first kappa shape index (κ1) is 11.9. The molecule has 0 aromatic heterocycles. The zero-order valence-electron chi connectivity index (χ0n) is 8.17. The standard InChI is InChI=1S/C11H14BrClO/c1-9(13)3-2-8-14-11-6-4-10(12)5-7-11/h4-7,9H,2-3,8H2,1H3. The molecule has 14 heavy (non-hydrogen) atoms. The van der Waals surface area contributed by atoms with Gasteiger partial charge in [0.25, 0.3) is 0 Å². The molecular weight excluding hydrogens is 263 g/mol. The van der Waals surface area contributed by atoms with Crippen LogP contribution in [0.25, 0.3) is 0 Å². The number of hydrogen-bond donors (Lipinski definition) is 0. The molecule has 3 heteroatoms. The van der Waals surface area contributed by atoms with Crippen molar-refractivity contribution in [2.75, 3.05) is 6.61 Å². The Kier molecular flexibility index (Phi) is 5.34. The van der Waals surface area contributed by atoms with Crippen LogP contribution in [0, 0.1) is 0 Å². The summed E-state index contributed by atoms with van der Waals surface area (Å²) in [4.78, 5) is 0. The summed E-state index contributed by atoms with van der Waals surface area (Å²) in [6.07, 6.45) is 2.00. The molecule has 0 saturated carbocycles. The van der Waals surface area contributed by atoms with Crippen molar-refractivity contribution in [3.8, 4) is 5.75 Å². The normalized spacial score (nSPS) is 12.5. The lowest BCUT2D eigenvalue weighted by atomic mass is 10.2. The summed E-state index contributed by atoms with van der Waals surface area (Å²) in [5.74, 6) is 0.912. The SMILES string of the molecule is CC(Cl)CCCOc1ccc(Br)cc1. The molecule has 0 saturated heterocycles. The molecule has 0 N–H and O–H groups in total. The average molecular weight is 278 g/mol. The minimum Gasteiger partial charge on any atom is -0.494 e. The molecule has 0 amide bonds. The molecule has 1 aromatic rings. The van der Waals surface area contributed by atoms with Crippen LogP contribution in [0.1, 0.15) is 19.8 Å². The smallest absolute Gasteiger partial charge is 0.119 e. The third-order valence-electron chi connectivity index (χ3n) is 1.83. The first-order valence-corrected chi connectivity index (χ1v) is 5.94. The Morgan fingerprint density at radius 1 is 1.36 bits per heavy atom. The number of rotatable bonds is 5. The largest absolute Gasteiger partial charge is 0.494 e. The Bertz CT molecular complexity index is 258. The van der Waals surface area contributed by atoms with E-state index >= 15 is 0 Å². The maximum atomic E-state index is 5.82. The van der Waals surface area contributed by atoms with Gasteiger partial charge in [0, 0.05) is 9.85 Å². The van der Waals surface area contributed by atoms with Crippen molar-refractivity contribution in [2.24, 2.45) is 0 Å². The highest BCUT2D eigenvalue weighted by atomic mass is 79.9. The monoisotopic (exact) mass is 276 g/mol. The van der Waals surface area contributed by atoms with Crippen LogP contribution in [0.2, 0.25) is 0 Å². The highest BCUT2D eigenvalue weighted by molar-refractivity contribution is 9.10. The van der Waals surface area contributed by atoms with E-state index in [4.69, 9.17) is 16.3 Å². The van der Waals surface area contributed by atoms with Crippen LogP contribution >= 0.6 is 27.5 Å². The zero-order valence-corrected chi connectivity index (χ0v) is 10.5. The molecule has 0 bridgehead atoms. The van der Waals surface area contributed by atoms with Crippen LogP contribution in [-0.2, 0) is 0 Å². The van der Waals surface area contributed by atoms with E-state index in [0.29, 0.717) is 0 Å². The van der Waals surface area contributed by atoms with Crippen molar-refractivity contribution < 1.29 is 4.74 Å². The molecule has 0 aliphatic rings. The van der Waals surface area contributed by atoms with Crippen LogP contribution < -0.4 is 4.74 Å². The fourth-order valence-corrected chi connectivity index (χ4v) is 1.50. The van der Waals surface area contributed by atoms with Gasteiger partial charge < -0.3 is 4.74 Å². The fourth-order valence-electron chi connectivity index (χ4n) is 1.09. The Balaban J connectivity index is 2.21. The second-order valence-corrected chi connectivity index (χ2v) is 4.89. The predicted octanol–water partition coefficient (Wildman–Crippen LogP) is 4.24. The third-order valence-corrected chi connectivity index (χ3v) is 2.58. The minimum atomic E-state index is 0.239. The minimum absolute atomic E-state index is 0.239. The maximum absolute atomic E-state index is 5.82. The van der Waals surface area contributed by atoms with Gasteiger partial charge in [-0.3, -0.25) is 0 Å². The molecular formula is C11H14BrClO. The summed E-state index contributed by atoms with van der Waals surface area (Å²) in [7, 11) is 0. The van der Waals surface area contributed by atoms with Gasteiger partial charge in [0.2, 0.25) is 0 Å². The van der Waals surface area contributed by atoms with E-state index in [-0.39, 0.29) is 5.38 Å². The highest BCUT2D eigenvalue weighted by Crippen LogP contribution is 2.16. The Labute approximate surface area is 98.5 Å². The highest BCUT2D eigenvalue weighted by Gasteiger charge is 1.97. The Morgan fingerprint density at radius 2 is 2.00 bits per heavy atom. The van der Waals surface area contributed by atoms with Gasteiger partial charge in [-0.2, -0.15) is 0 Å². The summed E-state index contributed by atoms with van der Waals surface area (Å²) in [6, 6.07) is 7.85. The summed E-state index contributed by atoms with van der Waals surface area (Å²) >= 11 is 9.19. The van der Waals surface area contributed by atoms with E-state index in [0.717, 1.165) is 29.7 Å². The van der Waals surface area contributed by atoms with Gasteiger partial charge in [0.05, 0.1) is 6.61 Å². The van der Waals surface area contributed by atoms with E-state index in [1.807, 2.05) is 31.2 Å². The summed E-state index contributed by atoms with van der Waals surface area (Å²) in [5.41, 5.74) is 0. The molecule has 0 radical (unpaired) electrons. The molecule has 0 aliphatic heterocycles. The summed E-state index contributed by atoms with van der Waals surface area (Å²) < 4.78 is 6.60. The first-order valence-electron chi connectivity index (χ1n) is 4.71. The molecule has 0 fully saturated rings. The molecule has 0 aliphatic carbocycles. The number of alkyl halides is 1. The summed E-state index contributed by atoms with van der Waals surface area (Å²) in [6.45, 7) is 2.74. The molecule has 1 rings (SSSR count). The molecule has 1 nitrogen and oxygen atoms in total. The number of halogens is 2. The van der Waals surface area contributed by atoms with Crippen molar-refractivity contribution in [3.05, 3.63) is 28.7 Å². The van der Waals surface area contributed by atoms with E-state index in [1.165, 1.54) is 0 Å². The lowest BCUT2D eigenvalue weighted by Gasteiger charge is -2.06. The molecule has 1 aromatic carbocycles. The van der Waals surface area contributed by atoms with Crippen molar-refractivity contribution in [2.45, 2.75) is 25.1 Å². The Morgan fingerprint density at radius 3 is 2.57 bits per heavy atom. The van der Waals surface area contributed by atoms with Crippen molar-refractivity contribution in [1.82, 2.24) is 0 Å². The van der Waals surface area contributed by atoms with Gasteiger partial charge in [-0.05, 0) is 44.0 Å². The van der Waals surface area contributed by atoms with Gasteiger partial charge >= 0.3 is 0 Å². The van der Waals surface area contributed by atoms with Gasteiger partial charge in [-0.1, -0.05) is 15.9 Å². The summed E-state index contributed by atoms with van der Waals surface area (Å²) in [5, 5.41) is 0.239. The lowest BCUT2D eigenvalue weighted by Crippen LogP contribution is -2.00. The topological polar surface area (TPSA) is 9.23 Å². The van der Waals surface area contributed by atoms with Gasteiger partial charge in [0.15, 0.2) is 0 Å². The van der Waals surface area contributed by atoms with Gasteiger partial charge in [-0.15, -0.1) is 11.6 Å². The molecule has 0 heterocycles. The quantitative estimate of drug-likeness (QED) is 0.578. The molecule has 1 unspecified atom stereocenters. The number of ether oxygens (including phenoxy) is 1. The number of hydrogen-bond acceptors (Lipinski definition) is 1. The maximum Gasteiger partial charge on any atom is 0.119 e. The molecule has 78 valence electrons. The fraction of sp³-hybridized carbons (Fsp3) is 0.455. The van der Waals surface area contributed by atoms with Crippen LogP contribution in [0.4, 0.5) is 0 Å². The van der Waals surface area contributed by atoms with Crippen molar-refractivity contribution >= 4 is 27.5 Å². The molecule has 1 atom stereocenters. The van der Waals surface area contributed by atoms with Crippen LogP contribution in [0.5, 0.6) is 5.75 Å². The Hall–Kier alpha value is -0.210. The van der Waals surface area contributed by atoms with Crippen LogP contribution in [0.15, 0.2) is 28.7 Å². The van der Waals surface area contributed by atoms with E-state index in [1.54, 1.807) is 0 Å². The number of benzene rings is 1. The average Bonchev–Trinajstić information content (AvgIpc) is 2.15. The van der Waals surface area contributed by atoms with Gasteiger partial charge in [0.1, 0.15) is 5.75 Å². The lowest BCUT2D eigenvalue weighted by molar-refractivity contribution is 0.306. The van der Waals surface area contributed by atoms with E-state index in [9.17, 15) is 0 Å². The second-order valence-electron chi connectivity index (χ2n) is 3.23. The third kappa shape index (κ3) is 4.87. The van der Waals surface area contributed by atoms with E-state index in [2.05, 4.69) is 15.9 Å². The van der Waals surface area contributed by atoms with Crippen molar-refractivity contribution in [3.63, 3.8) is 0 Å². The van der Waals surface area contributed by atoms with Crippen LogP contribution in [-0.4, -0.2) is 12.0 Å². The molecule has 0 spiro atoms. The van der Waals surface area contributed by atoms with Crippen molar-refractivity contribution in [1.29, 1.82) is 0 Å². The zero-order chi connectivity index (χ0) is 10.4. The van der Waals surface area contributed by atoms with E-state index < -0.39 is 0 Å². The first-order chi connectivity index (χ1) is 6.68. The van der Waals surface area contributed by atoms with Crippen LogP contribution in [0.3, 0.4) is 0 Å².